The number of hydrogen-bond acceptors (Lipinski definition) is 3. The number of hydrogen-bond donors (Lipinski definition) is 2. The number of nitrogens with one attached hydrogen (secondary N) is 1. The van der Waals surface area contributed by atoms with Crippen LogP contribution in [-0.2, 0) is 4.79 Å². The predicted octanol–water partition coefficient (Wildman–Crippen LogP) is 0.945. The summed E-state index contributed by atoms with van der Waals surface area (Å²) in [5.41, 5.74) is 9.07. The molecule has 1 unspecified atom stereocenters. The van der Waals surface area contributed by atoms with Gasteiger partial charge in [-0.25, -0.2) is 5.01 Å². The predicted molar refractivity (Wildman–Crippen MR) is 59.0 cm³/mol. The van der Waals surface area contributed by atoms with Gasteiger partial charge in [0.05, 0.1) is 5.69 Å². The van der Waals surface area contributed by atoms with E-state index in [4.69, 9.17) is 17.3 Å². The third kappa shape index (κ3) is 1.82. The average molecular weight is 224 g/mol. The molecule has 1 aromatic rings. The third-order valence-electron chi connectivity index (χ3n) is 2.07. The average Bonchev–Trinajstić information content (AvgIpc) is 2.23. The van der Waals surface area contributed by atoms with Gasteiger partial charge >= 0.3 is 0 Å². The quantitative estimate of drug-likeness (QED) is 0.551. The number of nitrogens with zero attached hydrogens (tertiary/aromatic N) is 1. The Morgan fingerprint density at radius 2 is 2.00 bits per heavy atom. The van der Waals surface area contributed by atoms with Crippen LogP contribution in [0.3, 0.4) is 0 Å². The second kappa shape index (κ2) is 3.56. The molecule has 0 bridgehead atoms. The molecule has 4 nitrogen and oxygen atoms in total. The highest BCUT2D eigenvalue weighted by Crippen LogP contribution is 2.21. The Morgan fingerprint density at radius 3 is 2.67 bits per heavy atom. The highest BCUT2D eigenvalue weighted by atomic mass is 35.5. The molecular weight excluding hydrogens is 214 g/mol. The number of nitrogens with two attached hydrogens (primary N) is 1. The number of anilines is 1. The third-order valence-corrected chi connectivity index (χ3v) is 2.36. The summed E-state index contributed by atoms with van der Waals surface area (Å²) in [5, 5.41) is 1.31. The molecule has 0 spiro atoms. The summed E-state index contributed by atoms with van der Waals surface area (Å²) in [6.07, 6.45) is 2.96. The number of halogens is 1. The Labute approximate surface area is 92.3 Å². The van der Waals surface area contributed by atoms with Gasteiger partial charge in [0.2, 0.25) is 0 Å². The Morgan fingerprint density at radius 1 is 1.33 bits per heavy atom. The van der Waals surface area contributed by atoms with Crippen molar-refractivity contribution in [3.05, 3.63) is 42.6 Å². The summed E-state index contributed by atoms with van der Waals surface area (Å²) in [4.78, 5) is 10.3. The Bertz CT molecular complexity index is 402. The van der Waals surface area contributed by atoms with Crippen LogP contribution in [0.5, 0.6) is 0 Å². The van der Waals surface area contributed by atoms with Gasteiger partial charge in [0, 0.05) is 6.20 Å². The molecular formula is C10H10ClN3O. The molecule has 1 aromatic carbocycles. The van der Waals surface area contributed by atoms with Gasteiger partial charge < -0.3 is 5.73 Å². The highest BCUT2D eigenvalue weighted by Gasteiger charge is 2.36. The smallest absolute Gasteiger partial charge is 0.285 e. The number of benzene rings is 1. The topological polar surface area (TPSA) is 58.4 Å². The van der Waals surface area contributed by atoms with Crippen molar-refractivity contribution in [1.29, 1.82) is 0 Å². The van der Waals surface area contributed by atoms with Crippen molar-refractivity contribution in [2.75, 3.05) is 5.01 Å². The van der Waals surface area contributed by atoms with E-state index in [9.17, 15) is 4.79 Å². The number of alkyl halides is 1. The lowest BCUT2D eigenvalue weighted by molar-refractivity contribution is -0.120. The second-order valence-corrected chi connectivity index (χ2v) is 3.83. The zero-order chi connectivity index (χ0) is 10.9. The van der Waals surface area contributed by atoms with Crippen molar-refractivity contribution in [3.63, 3.8) is 0 Å². The van der Waals surface area contributed by atoms with Crippen LogP contribution in [0.1, 0.15) is 0 Å². The minimum absolute atomic E-state index is 0.405. The first-order valence-corrected chi connectivity index (χ1v) is 4.80. The van der Waals surface area contributed by atoms with Crippen molar-refractivity contribution in [2.24, 2.45) is 5.73 Å². The maximum absolute atomic E-state index is 11.8. The van der Waals surface area contributed by atoms with Crippen molar-refractivity contribution in [2.45, 2.75) is 5.00 Å². The van der Waals surface area contributed by atoms with E-state index in [0.29, 0.717) is 5.69 Å². The summed E-state index contributed by atoms with van der Waals surface area (Å²) in [7, 11) is 0. The first kappa shape index (κ1) is 10.0. The molecule has 1 aliphatic rings. The number of para-hydroxylation sites is 1. The summed E-state index contributed by atoms with van der Waals surface area (Å²) in [5.74, 6) is -0.405. The molecule has 3 N–H and O–H groups in total. The molecule has 1 atom stereocenters. The molecule has 0 aliphatic carbocycles. The van der Waals surface area contributed by atoms with E-state index >= 15 is 0 Å². The minimum Gasteiger partial charge on any atom is -0.301 e. The molecule has 1 aliphatic heterocycles. The van der Waals surface area contributed by atoms with Crippen LogP contribution in [0.25, 0.3) is 0 Å². The van der Waals surface area contributed by atoms with Crippen molar-refractivity contribution >= 4 is 23.2 Å². The molecule has 5 heteroatoms. The Balaban J connectivity index is 2.33. The lowest BCUT2D eigenvalue weighted by Crippen LogP contribution is -2.57. The van der Waals surface area contributed by atoms with E-state index in [-0.39, 0.29) is 0 Å². The normalized spacial score (nSPS) is 25.2. The summed E-state index contributed by atoms with van der Waals surface area (Å²) in [6, 6.07) is 9.10. The fourth-order valence-electron chi connectivity index (χ4n) is 1.30. The van der Waals surface area contributed by atoms with Crippen LogP contribution < -0.4 is 16.2 Å². The maximum atomic E-state index is 11.8. The molecule has 0 radical (unpaired) electrons. The fourth-order valence-corrected chi connectivity index (χ4v) is 1.45. The Hall–Kier alpha value is -1.52. The fraction of sp³-hybridized carbons (Fsp3) is 0.100. The number of carbonyl (C=O) groups excluding carboxylic acids is 1. The monoisotopic (exact) mass is 223 g/mol. The van der Waals surface area contributed by atoms with Crippen LogP contribution in [0.15, 0.2) is 42.6 Å². The number of hydrazine groups is 1. The van der Waals surface area contributed by atoms with Gasteiger partial charge in [0.15, 0.2) is 5.00 Å². The molecule has 0 fully saturated rings. The minimum atomic E-state index is -1.47. The van der Waals surface area contributed by atoms with E-state index < -0.39 is 10.9 Å². The van der Waals surface area contributed by atoms with Crippen molar-refractivity contribution in [3.8, 4) is 0 Å². The van der Waals surface area contributed by atoms with Crippen LogP contribution >= 0.6 is 11.6 Å². The van der Waals surface area contributed by atoms with Gasteiger partial charge in [0.1, 0.15) is 0 Å². The lowest BCUT2D eigenvalue weighted by Gasteiger charge is -2.31. The van der Waals surface area contributed by atoms with Gasteiger partial charge in [-0.15, -0.1) is 0 Å². The van der Waals surface area contributed by atoms with E-state index in [1.54, 1.807) is 18.3 Å². The molecule has 0 aromatic heterocycles. The molecule has 15 heavy (non-hydrogen) atoms. The molecule has 0 saturated carbocycles. The lowest BCUT2D eigenvalue weighted by atomic mass is 10.2. The van der Waals surface area contributed by atoms with E-state index in [1.807, 2.05) is 18.2 Å². The van der Waals surface area contributed by atoms with Gasteiger partial charge in [-0.1, -0.05) is 29.8 Å². The van der Waals surface area contributed by atoms with Crippen LogP contribution in [0.2, 0.25) is 0 Å². The molecule has 78 valence electrons. The van der Waals surface area contributed by atoms with E-state index in [2.05, 4.69) is 5.43 Å². The summed E-state index contributed by atoms with van der Waals surface area (Å²) < 4.78 is 0. The van der Waals surface area contributed by atoms with Crippen molar-refractivity contribution in [1.82, 2.24) is 5.43 Å². The van der Waals surface area contributed by atoms with E-state index in [1.165, 1.54) is 11.1 Å². The highest BCUT2D eigenvalue weighted by molar-refractivity contribution is 6.38. The molecule has 1 heterocycles. The second-order valence-electron chi connectivity index (χ2n) is 3.21. The van der Waals surface area contributed by atoms with Gasteiger partial charge in [-0.3, -0.25) is 10.2 Å². The molecule has 1 amide bonds. The number of rotatable bonds is 1. The van der Waals surface area contributed by atoms with Crippen LogP contribution in [0.4, 0.5) is 5.69 Å². The van der Waals surface area contributed by atoms with Gasteiger partial charge in [-0.05, 0) is 18.2 Å². The van der Waals surface area contributed by atoms with Crippen LogP contribution in [-0.4, -0.2) is 10.9 Å². The summed E-state index contributed by atoms with van der Waals surface area (Å²) in [6.45, 7) is 0. The zero-order valence-corrected chi connectivity index (χ0v) is 8.61. The first-order valence-electron chi connectivity index (χ1n) is 4.42. The van der Waals surface area contributed by atoms with E-state index in [0.717, 1.165) is 0 Å². The Kier molecular flexibility index (Phi) is 2.38. The molecule has 0 saturated heterocycles. The number of carbonyl (C=O) groups is 1. The zero-order valence-electron chi connectivity index (χ0n) is 7.85. The summed E-state index contributed by atoms with van der Waals surface area (Å²) >= 11 is 5.83. The first-order chi connectivity index (χ1) is 7.11. The maximum Gasteiger partial charge on any atom is 0.285 e. The van der Waals surface area contributed by atoms with Crippen LogP contribution in [0, 0.1) is 0 Å². The number of amides is 1. The van der Waals surface area contributed by atoms with Gasteiger partial charge in [-0.2, -0.15) is 0 Å². The van der Waals surface area contributed by atoms with Crippen molar-refractivity contribution < 1.29 is 4.79 Å². The standard InChI is InChI=1S/C10H10ClN3O/c11-10(12)6-7-13-14(9(10)15)8-4-2-1-3-5-8/h1-7,13H,12H2. The molecule has 2 rings (SSSR count). The largest absolute Gasteiger partial charge is 0.301 e. The van der Waals surface area contributed by atoms with Gasteiger partial charge in [0.25, 0.3) is 5.91 Å². The SMILES string of the molecule is NC1(Cl)C=CNN(c2ccccc2)C1=O.